The van der Waals surface area contributed by atoms with Gasteiger partial charge in [-0.3, -0.25) is 9.89 Å². The van der Waals surface area contributed by atoms with Crippen molar-refractivity contribution < 1.29 is 4.79 Å². The summed E-state index contributed by atoms with van der Waals surface area (Å²) in [5.74, 6) is 0.542. The minimum Gasteiger partial charge on any atom is -0.366 e. The van der Waals surface area contributed by atoms with Crippen molar-refractivity contribution in [3.63, 3.8) is 0 Å². The highest BCUT2D eigenvalue weighted by Gasteiger charge is 2.27. The van der Waals surface area contributed by atoms with Gasteiger partial charge in [-0.05, 0) is 50.5 Å². The van der Waals surface area contributed by atoms with Crippen LogP contribution in [0.3, 0.4) is 0 Å². The van der Waals surface area contributed by atoms with E-state index >= 15 is 0 Å². The number of carbonyl (C=O) groups excluding carboxylic acids is 1. The van der Waals surface area contributed by atoms with Gasteiger partial charge in [0.05, 0.1) is 11.9 Å². The van der Waals surface area contributed by atoms with Gasteiger partial charge in [-0.2, -0.15) is 5.10 Å². The molecule has 0 saturated carbocycles. The average molecular weight is 348 g/mol. The van der Waals surface area contributed by atoms with Crippen LogP contribution in [0.2, 0.25) is 0 Å². The standard InChI is InChI=1S/C21H24N4O/c1-14-8-9-15(2)25(14)17-10-11-19-18(13-17)21(24-23-19)22-20(26)12-16-6-4-3-5-7-16/h3-7,10-11,13-15H,8-9,12H2,1-2H3,(H2,22,23,24,26). The Bertz CT molecular complexity index is 908. The minimum atomic E-state index is -0.0575. The number of amides is 1. The minimum absolute atomic E-state index is 0.0575. The second-order valence-electron chi connectivity index (χ2n) is 7.20. The third-order valence-corrected chi connectivity index (χ3v) is 5.26. The fraction of sp³-hybridized carbons (Fsp3) is 0.333. The zero-order chi connectivity index (χ0) is 18.1. The van der Waals surface area contributed by atoms with Crippen LogP contribution in [0.5, 0.6) is 0 Å². The summed E-state index contributed by atoms with van der Waals surface area (Å²) in [5, 5.41) is 11.2. The van der Waals surface area contributed by atoms with Gasteiger partial charge in [0.2, 0.25) is 5.91 Å². The monoisotopic (exact) mass is 348 g/mol. The van der Waals surface area contributed by atoms with Crippen LogP contribution in [0.4, 0.5) is 11.5 Å². The molecule has 1 saturated heterocycles. The summed E-state index contributed by atoms with van der Waals surface area (Å²) in [7, 11) is 0. The molecule has 0 radical (unpaired) electrons. The van der Waals surface area contributed by atoms with Crippen LogP contribution in [0.1, 0.15) is 32.3 Å². The van der Waals surface area contributed by atoms with Crippen molar-refractivity contribution in [3.8, 4) is 0 Å². The summed E-state index contributed by atoms with van der Waals surface area (Å²) in [4.78, 5) is 14.9. The lowest BCUT2D eigenvalue weighted by molar-refractivity contribution is -0.115. The molecule has 4 rings (SSSR count). The molecule has 26 heavy (non-hydrogen) atoms. The molecule has 2 N–H and O–H groups in total. The first-order valence-electron chi connectivity index (χ1n) is 9.22. The van der Waals surface area contributed by atoms with Gasteiger partial charge in [-0.15, -0.1) is 0 Å². The van der Waals surface area contributed by atoms with Crippen molar-refractivity contribution >= 4 is 28.3 Å². The molecule has 2 heterocycles. The van der Waals surface area contributed by atoms with Gasteiger partial charge in [0.1, 0.15) is 0 Å². The number of benzene rings is 2. The van der Waals surface area contributed by atoms with Gasteiger partial charge in [0.15, 0.2) is 5.82 Å². The largest absolute Gasteiger partial charge is 0.366 e. The second kappa shape index (κ2) is 6.83. The lowest BCUT2D eigenvalue weighted by atomic mass is 10.1. The topological polar surface area (TPSA) is 61.0 Å². The Morgan fingerprint density at radius 3 is 2.62 bits per heavy atom. The summed E-state index contributed by atoms with van der Waals surface area (Å²) in [5.41, 5.74) is 3.11. The maximum Gasteiger partial charge on any atom is 0.230 e. The number of hydrogen-bond donors (Lipinski definition) is 2. The predicted molar refractivity (Wildman–Crippen MR) is 106 cm³/mol. The lowest BCUT2D eigenvalue weighted by Gasteiger charge is -2.28. The highest BCUT2D eigenvalue weighted by atomic mass is 16.1. The smallest absolute Gasteiger partial charge is 0.230 e. The van der Waals surface area contributed by atoms with E-state index in [9.17, 15) is 4.79 Å². The molecule has 1 aliphatic rings. The van der Waals surface area contributed by atoms with E-state index in [0.717, 1.165) is 16.5 Å². The highest BCUT2D eigenvalue weighted by Crippen LogP contribution is 2.33. The number of nitrogens with zero attached hydrogens (tertiary/aromatic N) is 2. The molecule has 2 unspecified atom stereocenters. The lowest BCUT2D eigenvalue weighted by Crippen LogP contribution is -2.32. The second-order valence-corrected chi connectivity index (χ2v) is 7.20. The van der Waals surface area contributed by atoms with Crippen LogP contribution in [0.15, 0.2) is 48.5 Å². The molecule has 5 heteroatoms. The Morgan fingerprint density at radius 1 is 1.15 bits per heavy atom. The predicted octanol–water partition coefficient (Wildman–Crippen LogP) is 4.12. The van der Waals surface area contributed by atoms with E-state index in [1.54, 1.807) is 0 Å². The number of aromatic nitrogens is 2. The number of aromatic amines is 1. The average Bonchev–Trinajstić information content (AvgIpc) is 3.18. The van der Waals surface area contributed by atoms with Gasteiger partial charge >= 0.3 is 0 Å². The molecule has 1 fully saturated rings. The molecular formula is C21H24N4O. The first kappa shape index (κ1) is 16.6. The molecule has 134 valence electrons. The van der Waals surface area contributed by atoms with Crippen molar-refractivity contribution in [2.75, 3.05) is 10.2 Å². The Labute approximate surface area is 153 Å². The summed E-state index contributed by atoms with van der Waals surface area (Å²) in [6.07, 6.45) is 2.77. The van der Waals surface area contributed by atoms with E-state index in [1.165, 1.54) is 18.5 Å². The van der Waals surface area contributed by atoms with E-state index in [-0.39, 0.29) is 5.91 Å². The molecule has 0 bridgehead atoms. The Kier molecular flexibility index (Phi) is 4.37. The molecular weight excluding hydrogens is 324 g/mol. The zero-order valence-corrected chi connectivity index (χ0v) is 15.2. The molecule has 1 aromatic heterocycles. The molecule has 5 nitrogen and oxygen atoms in total. The van der Waals surface area contributed by atoms with E-state index in [4.69, 9.17) is 0 Å². The van der Waals surface area contributed by atoms with Gasteiger partial charge in [-0.1, -0.05) is 30.3 Å². The number of rotatable bonds is 4. The van der Waals surface area contributed by atoms with E-state index in [1.807, 2.05) is 36.4 Å². The van der Waals surface area contributed by atoms with E-state index in [0.29, 0.717) is 24.3 Å². The number of hydrogen-bond acceptors (Lipinski definition) is 3. The highest BCUT2D eigenvalue weighted by molar-refractivity contribution is 6.01. The molecule has 1 amide bonds. The Balaban J connectivity index is 1.58. The van der Waals surface area contributed by atoms with Crippen LogP contribution < -0.4 is 10.2 Å². The van der Waals surface area contributed by atoms with Crippen LogP contribution in [0, 0.1) is 0 Å². The molecule has 3 aromatic rings. The van der Waals surface area contributed by atoms with Gasteiger partial charge in [0.25, 0.3) is 0 Å². The molecule has 0 spiro atoms. The van der Waals surface area contributed by atoms with Crippen LogP contribution in [-0.2, 0) is 11.2 Å². The van der Waals surface area contributed by atoms with Gasteiger partial charge in [0, 0.05) is 23.2 Å². The zero-order valence-electron chi connectivity index (χ0n) is 15.2. The molecule has 1 aliphatic heterocycles. The summed E-state index contributed by atoms with van der Waals surface area (Å²) >= 11 is 0. The van der Waals surface area contributed by atoms with Crippen molar-refractivity contribution in [2.24, 2.45) is 0 Å². The first-order valence-corrected chi connectivity index (χ1v) is 9.22. The maximum absolute atomic E-state index is 12.4. The molecule has 2 aromatic carbocycles. The van der Waals surface area contributed by atoms with Crippen LogP contribution in [-0.4, -0.2) is 28.2 Å². The van der Waals surface area contributed by atoms with Crippen molar-refractivity contribution in [1.82, 2.24) is 10.2 Å². The SMILES string of the molecule is CC1CCC(C)N1c1ccc2[nH]nc(NC(=O)Cc3ccccc3)c2c1. The van der Waals surface area contributed by atoms with Crippen molar-refractivity contribution in [2.45, 2.75) is 45.2 Å². The third-order valence-electron chi connectivity index (χ3n) is 5.26. The van der Waals surface area contributed by atoms with Crippen molar-refractivity contribution in [3.05, 3.63) is 54.1 Å². The number of anilines is 2. The van der Waals surface area contributed by atoms with Crippen LogP contribution >= 0.6 is 0 Å². The molecule has 0 aliphatic carbocycles. The van der Waals surface area contributed by atoms with Gasteiger partial charge < -0.3 is 10.2 Å². The Morgan fingerprint density at radius 2 is 1.88 bits per heavy atom. The van der Waals surface area contributed by atoms with Gasteiger partial charge in [-0.25, -0.2) is 0 Å². The van der Waals surface area contributed by atoms with E-state index in [2.05, 4.69) is 46.4 Å². The molecule has 2 atom stereocenters. The number of fused-ring (bicyclic) bond motifs is 1. The Hall–Kier alpha value is -2.82. The fourth-order valence-electron chi connectivity index (χ4n) is 3.92. The number of H-pyrrole nitrogens is 1. The normalized spacial score (nSPS) is 19.8. The van der Waals surface area contributed by atoms with E-state index < -0.39 is 0 Å². The van der Waals surface area contributed by atoms with Crippen LogP contribution in [0.25, 0.3) is 10.9 Å². The number of nitrogens with one attached hydrogen (secondary N) is 2. The third kappa shape index (κ3) is 3.17. The van der Waals surface area contributed by atoms with Crippen molar-refractivity contribution in [1.29, 1.82) is 0 Å². The summed E-state index contributed by atoms with van der Waals surface area (Å²) in [6.45, 7) is 4.54. The summed E-state index contributed by atoms with van der Waals surface area (Å²) in [6, 6.07) is 17.1. The first-order chi connectivity index (χ1) is 12.6. The fourth-order valence-corrected chi connectivity index (χ4v) is 3.92. The summed E-state index contributed by atoms with van der Waals surface area (Å²) < 4.78 is 0. The maximum atomic E-state index is 12.4. The quantitative estimate of drug-likeness (QED) is 0.745. The number of carbonyl (C=O) groups is 1.